The van der Waals surface area contributed by atoms with E-state index in [4.69, 9.17) is 15.2 Å². The number of hydrogen-bond donors (Lipinski definition) is 2. The van der Waals surface area contributed by atoms with Gasteiger partial charge in [-0.1, -0.05) is 36.4 Å². The molecular formula is C23H26N4O3. The van der Waals surface area contributed by atoms with Crippen LogP contribution < -0.4 is 20.5 Å². The van der Waals surface area contributed by atoms with E-state index >= 15 is 0 Å². The van der Waals surface area contributed by atoms with E-state index in [0.717, 1.165) is 23.3 Å². The zero-order valence-corrected chi connectivity index (χ0v) is 17.2. The number of rotatable bonds is 10. The molecule has 0 bridgehead atoms. The van der Waals surface area contributed by atoms with E-state index in [1.54, 1.807) is 7.11 Å². The highest BCUT2D eigenvalue weighted by atomic mass is 16.5. The van der Waals surface area contributed by atoms with Gasteiger partial charge in [0, 0.05) is 18.2 Å². The molecule has 0 saturated carbocycles. The number of benzene rings is 2. The maximum Gasteiger partial charge on any atom is 0.318 e. The van der Waals surface area contributed by atoms with Crippen LogP contribution in [0.15, 0.2) is 54.6 Å². The van der Waals surface area contributed by atoms with Gasteiger partial charge in [-0.15, -0.1) is 0 Å². The Morgan fingerprint density at radius 1 is 1.10 bits per heavy atom. The quantitative estimate of drug-likeness (QED) is 0.536. The van der Waals surface area contributed by atoms with Crippen LogP contribution in [0, 0.1) is 0 Å². The predicted octanol–water partition coefficient (Wildman–Crippen LogP) is 3.23. The lowest BCUT2D eigenvalue weighted by Gasteiger charge is -2.12. The first kappa shape index (κ1) is 21.1. The first-order valence-electron chi connectivity index (χ1n) is 9.84. The molecule has 156 valence electrons. The highest BCUT2D eigenvalue weighted by Gasteiger charge is 2.12. The van der Waals surface area contributed by atoms with Crippen molar-refractivity contribution < 1.29 is 14.3 Å². The lowest BCUT2D eigenvalue weighted by Crippen LogP contribution is -2.14. The van der Waals surface area contributed by atoms with Crippen LogP contribution in [0.5, 0.6) is 11.8 Å². The third-order valence-corrected chi connectivity index (χ3v) is 4.52. The molecule has 7 nitrogen and oxygen atoms in total. The number of nitrogens with zero attached hydrogens (tertiary/aromatic N) is 2. The van der Waals surface area contributed by atoms with Crippen LogP contribution in [-0.2, 0) is 17.6 Å². The molecular weight excluding hydrogens is 380 g/mol. The number of carbonyl (C=O) groups is 1. The van der Waals surface area contributed by atoms with Crippen molar-refractivity contribution >= 4 is 11.7 Å². The number of nitrogens with two attached hydrogens (primary N) is 1. The molecule has 0 aliphatic rings. The SMILES string of the molecule is CCOc1nc(NCCc2ccc(OC)cc2)cc(-c2ccccc2CC(N)=O)n1. The molecule has 0 atom stereocenters. The summed E-state index contributed by atoms with van der Waals surface area (Å²) in [4.78, 5) is 20.4. The van der Waals surface area contributed by atoms with E-state index < -0.39 is 0 Å². The lowest BCUT2D eigenvalue weighted by atomic mass is 10.0. The lowest BCUT2D eigenvalue weighted by molar-refractivity contribution is -0.117. The zero-order chi connectivity index (χ0) is 21.3. The number of carbonyl (C=O) groups excluding carboxylic acids is 1. The molecule has 0 saturated heterocycles. The molecule has 30 heavy (non-hydrogen) atoms. The van der Waals surface area contributed by atoms with Gasteiger partial charge in [-0.05, 0) is 36.6 Å². The standard InChI is InChI=1S/C23H26N4O3/c1-3-30-23-26-20(19-7-5-4-6-17(19)14-21(24)28)15-22(27-23)25-13-12-16-8-10-18(29-2)11-9-16/h4-11,15H,3,12-14H2,1-2H3,(H2,24,28)(H,25,26,27). The van der Waals surface area contributed by atoms with Gasteiger partial charge in [0.15, 0.2) is 0 Å². The first-order valence-corrected chi connectivity index (χ1v) is 9.84. The monoisotopic (exact) mass is 406 g/mol. The molecule has 0 aliphatic carbocycles. The van der Waals surface area contributed by atoms with Crippen molar-refractivity contribution in [2.75, 3.05) is 25.6 Å². The smallest absolute Gasteiger partial charge is 0.318 e. The maximum absolute atomic E-state index is 11.4. The number of methoxy groups -OCH3 is 1. The van der Waals surface area contributed by atoms with Gasteiger partial charge in [-0.25, -0.2) is 0 Å². The summed E-state index contributed by atoms with van der Waals surface area (Å²) in [5, 5.41) is 3.34. The van der Waals surface area contributed by atoms with Crippen LogP contribution in [0.25, 0.3) is 11.3 Å². The second kappa shape index (κ2) is 10.2. The zero-order valence-electron chi connectivity index (χ0n) is 17.2. The Kier molecular flexibility index (Phi) is 7.21. The number of primary amides is 1. The van der Waals surface area contributed by atoms with Gasteiger partial charge in [0.1, 0.15) is 11.6 Å². The van der Waals surface area contributed by atoms with E-state index in [1.165, 1.54) is 5.56 Å². The van der Waals surface area contributed by atoms with Crippen molar-refractivity contribution in [3.63, 3.8) is 0 Å². The highest BCUT2D eigenvalue weighted by molar-refractivity contribution is 5.80. The topological polar surface area (TPSA) is 99.4 Å². The molecule has 2 aromatic carbocycles. The minimum atomic E-state index is -0.389. The van der Waals surface area contributed by atoms with Gasteiger partial charge < -0.3 is 20.5 Å². The van der Waals surface area contributed by atoms with Gasteiger partial charge in [-0.3, -0.25) is 4.79 Å². The van der Waals surface area contributed by atoms with Crippen LogP contribution in [0.1, 0.15) is 18.1 Å². The molecule has 0 aliphatic heterocycles. The molecule has 1 amide bonds. The van der Waals surface area contributed by atoms with Gasteiger partial charge >= 0.3 is 6.01 Å². The van der Waals surface area contributed by atoms with Crippen LogP contribution in [0.3, 0.4) is 0 Å². The molecule has 1 aromatic heterocycles. The average molecular weight is 406 g/mol. The molecule has 3 rings (SSSR count). The summed E-state index contributed by atoms with van der Waals surface area (Å²) in [6.45, 7) is 3.03. The van der Waals surface area contributed by atoms with Crippen molar-refractivity contribution in [3.8, 4) is 23.0 Å². The third kappa shape index (κ3) is 5.70. The summed E-state index contributed by atoms with van der Waals surface area (Å²) >= 11 is 0. The average Bonchev–Trinajstić information content (AvgIpc) is 2.74. The minimum Gasteiger partial charge on any atom is -0.497 e. The largest absolute Gasteiger partial charge is 0.497 e. The fourth-order valence-corrected chi connectivity index (χ4v) is 3.09. The Labute approximate surface area is 176 Å². The summed E-state index contributed by atoms with van der Waals surface area (Å²) in [5.41, 5.74) is 8.92. The Morgan fingerprint density at radius 3 is 2.57 bits per heavy atom. The van der Waals surface area contributed by atoms with E-state index in [-0.39, 0.29) is 18.3 Å². The predicted molar refractivity (Wildman–Crippen MR) is 117 cm³/mol. The van der Waals surface area contributed by atoms with Crippen molar-refractivity contribution in [1.29, 1.82) is 0 Å². The number of hydrogen-bond acceptors (Lipinski definition) is 6. The Morgan fingerprint density at radius 2 is 1.87 bits per heavy atom. The molecule has 0 unspecified atom stereocenters. The highest BCUT2D eigenvalue weighted by Crippen LogP contribution is 2.26. The van der Waals surface area contributed by atoms with E-state index in [1.807, 2.05) is 61.5 Å². The Bertz CT molecular complexity index is 990. The molecule has 0 spiro atoms. The summed E-state index contributed by atoms with van der Waals surface area (Å²) in [7, 11) is 1.65. The van der Waals surface area contributed by atoms with E-state index in [0.29, 0.717) is 24.7 Å². The van der Waals surface area contributed by atoms with Gasteiger partial charge in [0.05, 0.1) is 25.8 Å². The Balaban J connectivity index is 1.80. The van der Waals surface area contributed by atoms with Crippen LogP contribution >= 0.6 is 0 Å². The summed E-state index contributed by atoms with van der Waals surface area (Å²) < 4.78 is 10.7. The van der Waals surface area contributed by atoms with Gasteiger partial charge in [-0.2, -0.15) is 9.97 Å². The maximum atomic E-state index is 11.4. The molecule has 0 radical (unpaired) electrons. The second-order valence-electron chi connectivity index (χ2n) is 6.68. The molecule has 3 N–H and O–H groups in total. The van der Waals surface area contributed by atoms with E-state index in [2.05, 4.69) is 15.3 Å². The number of nitrogens with one attached hydrogen (secondary N) is 1. The van der Waals surface area contributed by atoms with Gasteiger partial charge in [0.25, 0.3) is 0 Å². The van der Waals surface area contributed by atoms with Crippen molar-refractivity contribution in [2.45, 2.75) is 19.8 Å². The van der Waals surface area contributed by atoms with Crippen molar-refractivity contribution in [1.82, 2.24) is 9.97 Å². The molecule has 3 aromatic rings. The number of ether oxygens (including phenoxy) is 2. The Hall–Kier alpha value is -3.61. The van der Waals surface area contributed by atoms with Crippen molar-refractivity contribution in [3.05, 3.63) is 65.7 Å². The number of aromatic nitrogens is 2. The fourth-order valence-electron chi connectivity index (χ4n) is 3.09. The number of amides is 1. The normalized spacial score (nSPS) is 10.5. The minimum absolute atomic E-state index is 0.143. The van der Waals surface area contributed by atoms with Crippen molar-refractivity contribution in [2.24, 2.45) is 5.73 Å². The summed E-state index contributed by atoms with van der Waals surface area (Å²) in [5.74, 6) is 1.10. The summed E-state index contributed by atoms with van der Waals surface area (Å²) in [6.07, 6.45) is 0.968. The van der Waals surface area contributed by atoms with Crippen LogP contribution in [-0.4, -0.2) is 36.1 Å². The van der Waals surface area contributed by atoms with Crippen LogP contribution in [0.2, 0.25) is 0 Å². The molecule has 1 heterocycles. The number of anilines is 1. The third-order valence-electron chi connectivity index (χ3n) is 4.52. The first-order chi connectivity index (χ1) is 14.6. The second-order valence-corrected chi connectivity index (χ2v) is 6.68. The van der Waals surface area contributed by atoms with Gasteiger partial charge in [0.2, 0.25) is 5.91 Å². The summed E-state index contributed by atoms with van der Waals surface area (Å²) in [6, 6.07) is 17.7. The molecule has 0 fully saturated rings. The van der Waals surface area contributed by atoms with E-state index in [9.17, 15) is 4.79 Å². The molecule has 7 heteroatoms. The fraction of sp³-hybridized carbons (Fsp3) is 0.261. The van der Waals surface area contributed by atoms with Crippen LogP contribution in [0.4, 0.5) is 5.82 Å².